The van der Waals surface area contributed by atoms with Gasteiger partial charge in [0.1, 0.15) is 5.75 Å². The van der Waals surface area contributed by atoms with Crippen LogP contribution in [-0.4, -0.2) is 7.11 Å². The number of thiophene rings is 1. The largest absolute Gasteiger partial charge is 0.497 e. The molecule has 0 saturated carbocycles. The number of fused-ring (bicyclic) bond motifs is 1. The summed E-state index contributed by atoms with van der Waals surface area (Å²) >= 11 is 1.84. The molecule has 0 radical (unpaired) electrons. The van der Waals surface area contributed by atoms with Crippen molar-refractivity contribution < 1.29 is 4.74 Å². The summed E-state index contributed by atoms with van der Waals surface area (Å²) in [6.45, 7) is 2.25. The van der Waals surface area contributed by atoms with Crippen molar-refractivity contribution in [3.05, 3.63) is 51.7 Å². The monoisotopic (exact) mass is 287 g/mol. The lowest BCUT2D eigenvalue weighted by atomic mass is 10.1. The van der Waals surface area contributed by atoms with Crippen LogP contribution in [0.4, 0.5) is 0 Å². The van der Waals surface area contributed by atoms with Crippen LogP contribution in [0.25, 0.3) is 0 Å². The van der Waals surface area contributed by atoms with Gasteiger partial charge in [0.25, 0.3) is 0 Å². The normalized spacial score (nSPS) is 18.8. The molecule has 0 aliphatic heterocycles. The fourth-order valence-corrected chi connectivity index (χ4v) is 3.88. The zero-order valence-electron chi connectivity index (χ0n) is 12.1. The Bertz CT molecular complexity index is 564. The second-order valence-electron chi connectivity index (χ2n) is 5.30. The maximum absolute atomic E-state index is 5.37. The lowest BCUT2D eigenvalue weighted by Gasteiger charge is -2.22. The molecule has 2 unspecified atom stereocenters. The van der Waals surface area contributed by atoms with Crippen LogP contribution in [0.1, 0.15) is 47.9 Å². The highest BCUT2D eigenvalue weighted by Gasteiger charge is 2.25. The Kier molecular flexibility index (Phi) is 4.08. The molecule has 1 heterocycles. The number of rotatable bonds is 5. The van der Waals surface area contributed by atoms with Gasteiger partial charge in [-0.15, -0.1) is 11.3 Å². The summed E-state index contributed by atoms with van der Waals surface area (Å²) in [6.07, 6.45) is 3.47. The first kappa shape index (κ1) is 13.7. The predicted molar refractivity (Wildman–Crippen MR) is 84.5 cm³/mol. The van der Waals surface area contributed by atoms with Crippen molar-refractivity contribution in [3.8, 4) is 5.75 Å². The van der Waals surface area contributed by atoms with Crippen LogP contribution in [0.15, 0.2) is 35.7 Å². The van der Waals surface area contributed by atoms with Crippen LogP contribution in [0, 0.1) is 0 Å². The van der Waals surface area contributed by atoms with Gasteiger partial charge in [-0.25, -0.2) is 0 Å². The molecule has 2 atom stereocenters. The minimum absolute atomic E-state index is 0.451. The lowest BCUT2D eigenvalue weighted by Crippen LogP contribution is -2.24. The van der Waals surface area contributed by atoms with E-state index in [4.69, 9.17) is 4.74 Å². The molecule has 2 nitrogen and oxygen atoms in total. The predicted octanol–water partition coefficient (Wildman–Crippen LogP) is 4.48. The fourth-order valence-electron chi connectivity index (χ4n) is 3.01. The van der Waals surface area contributed by atoms with Crippen LogP contribution in [0.2, 0.25) is 0 Å². The van der Waals surface area contributed by atoms with Gasteiger partial charge in [0.15, 0.2) is 0 Å². The maximum atomic E-state index is 5.37. The average Bonchev–Trinajstić information content (AvgIpc) is 3.14. The molecule has 0 bridgehead atoms. The molecule has 2 aromatic rings. The minimum Gasteiger partial charge on any atom is -0.497 e. The van der Waals surface area contributed by atoms with Crippen LogP contribution in [0.5, 0.6) is 5.75 Å². The van der Waals surface area contributed by atoms with Crippen molar-refractivity contribution in [3.63, 3.8) is 0 Å². The summed E-state index contributed by atoms with van der Waals surface area (Å²) in [6, 6.07) is 11.7. The second-order valence-corrected chi connectivity index (χ2v) is 6.28. The Labute approximate surface area is 124 Å². The van der Waals surface area contributed by atoms with Gasteiger partial charge in [-0.1, -0.05) is 19.1 Å². The number of methoxy groups -OCH3 is 1. The second kappa shape index (κ2) is 5.98. The van der Waals surface area contributed by atoms with E-state index in [1.165, 1.54) is 22.4 Å². The number of hydrogen-bond donors (Lipinski definition) is 1. The maximum Gasteiger partial charge on any atom is 0.119 e. The Morgan fingerprint density at radius 2 is 2.30 bits per heavy atom. The van der Waals surface area contributed by atoms with Gasteiger partial charge in [0.05, 0.1) is 7.11 Å². The van der Waals surface area contributed by atoms with Crippen molar-refractivity contribution in [2.45, 2.75) is 38.3 Å². The van der Waals surface area contributed by atoms with Crippen LogP contribution in [-0.2, 0) is 6.42 Å². The highest BCUT2D eigenvalue weighted by Crippen LogP contribution is 2.36. The third kappa shape index (κ3) is 2.60. The summed E-state index contributed by atoms with van der Waals surface area (Å²) in [7, 11) is 1.74. The van der Waals surface area contributed by atoms with Gasteiger partial charge in [0, 0.05) is 17.0 Å². The first-order valence-electron chi connectivity index (χ1n) is 7.28. The zero-order chi connectivity index (χ0) is 13.9. The van der Waals surface area contributed by atoms with Crippen molar-refractivity contribution in [1.82, 2.24) is 5.32 Å². The molecule has 0 saturated heterocycles. The molecule has 1 aliphatic rings. The van der Waals surface area contributed by atoms with E-state index in [9.17, 15) is 0 Å². The SMILES string of the molecule is CCC(NC1CCc2ccc(OC)cc21)c1cccs1. The van der Waals surface area contributed by atoms with Crippen LogP contribution < -0.4 is 10.1 Å². The summed E-state index contributed by atoms with van der Waals surface area (Å²) in [5.41, 5.74) is 2.88. The third-order valence-corrected chi connectivity index (χ3v) is 5.11. The fraction of sp³-hybridized carbons (Fsp3) is 0.412. The van der Waals surface area contributed by atoms with Crippen molar-refractivity contribution in [1.29, 1.82) is 0 Å². The average molecular weight is 287 g/mol. The molecule has 0 fully saturated rings. The zero-order valence-corrected chi connectivity index (χ0v) is 12.9. The standard InChI is InChI=1S/C17H21NOS/c1-3-15(17-5-4-10-20-17)18-16-9-7-12-6-8-13(19-2)11-14(12)16/h4-6,8,10-11,15-16,18H,3,7,9H2,1-2H3. The molecule has 3 heteroatoms. The summed E-state index contributed by atoms with van der Waals surface area (Å²) < 4.78 is 5.37. The molecule has 1 aromatic carbocycles. The highest BCUT2D eigenvalue weighted by atomic mass is 32.1. The number of aryl methyl sites for hydroxylation is 1. The highest BCUT2D eigenvalue weighted by molar-refractivity contribution is 7.10. The van der Waals surface area contributed by atoms with E-state index in [0.717, 1.165) is 18.6 Å². The minimum atomic E-state index is 0.451. The van der Waals surface area contributed by atoms with Crippen molar-refractivity contribution in [2.75, 3.05) is 7.11 Å². The van der Waals surface area contributed by atoms with Gasteiger partial charge in [-0.3, -0.25) is 0 Å². The molecule has 1 aromatic heterocycles. The smallest absolute Gasteiger partial charge is 0.119 e. The van der Waals surface area contributed by atoms with Gasteiger partial charge in [-0.05, 0) is 54.0 Å². The quantitative estimate of drug-likeness (QED) is 0.875. The van der Waals surface area contributed by atoms with Gasteiger partial charge in [0.2, 0.25) is 0 Å². The summed E-state index contributed by atoms with van der Waals surface area (Å²) in [5.74, 6) is 0.960. The van der Waals surface area contributed by atoms with Crippen LogP contribution >= 0.6 is 11.3 Å². The first-order valence-corrected chi connectivity index (χ1v) is 8.16. The van der Waals surface area contributed by atoms with E-state index in [-0.39, 0.29) is 0 Å². The molecule has 1 N–H and O–H groups in total. The Balaban J connectivity index is 1.80. The Morgan fingerprint density at radius 3 is 3.00 bits per heavy atom. The third-order valence-electron chi connectivity index (χ3n) is 4.13. The molecule has 1 aliphatic carbocycles. The van der Waals surface area contributed by atoms with E-state index in [2.05, 4.69) is 48.0 Å². The molecule has 106 valence electrons. The molecular formula is C17H21NOS. The number of nitrogens with one attached hydrogen (secondary N) is 1. The van der Waals surface area contributed by atoms with Crippen molar-refractivity contribution >= 4 is 11.3 Å². The van der Waals surface area contributed by atoms with E-state index < -0.39 is 0 Å². The van der Waals surface area contributed by atoms with Crippen molar-refractivity contribution in [2.24, 2.45) is 0 Å². The molecule has 0 spiro atoms. The first-order chi connectivity index (χ1) is 9.81. The van der Waals surface area contributed by atoms with E-state index in [1.807, 2.05) is 11.3 Å². The Morgan fingerprint density at radius 1 is 1.40 bits per heavy atom. The Hall–Kier alpha value is -1.32. The molecule has 20 heavy (non-hydrogen) atoms. The van der Waals surface area contributed by atoms with E-state index in [0.29, 0.717) is 12.1 Å². The van der Waals surface area contributed by atoms with E-state index >= 15 is 0 Å². The number of benzene rings is 1. The molecule has 3 rings (SSSR count). The lowest BCUT2D eigenvalue weighted by molar-refractivity contribution is 0.410. The topological polar surface area (TPSA) is 21.3 Å². The van der Waals surface area contributed by atoms with E-state index in [1.54, 1.807) is 7.11 Å². The number of hydrogen-bond acceptors (Lipinski definition) is 3. The summed E-state index contributed by atoms with van der Waals surface area (Å²) in [5, 5.41) is 5.99. The van der Waals surface area contributed by atoms with Gasteiger partial charge in [-0.2, -0.15) is 0 Å². The molecular weight excluding hydrogens is 266 g/mol. The van der Waals surface area contributed by atoms with Gasteiger partial charge >= 0.3 is 0 Å². The number of ether oxygens (including phenoxy) is 1. The van der Waals surface area contributed by atoms with Gasteiger partial charge < -0.3 is 10.1 Å². The summed E-state index contributed by atoms with van der Waals surface area (Å²) in [4.78, 5) is 1.43. The molecule has 0 amide bonds. The van der Waals surface area contributed by atoms with Crippen LogP contribution in [0.3, 0.4) is 0 Å².